The van der Waals surface area contributed by atoms with Crippen molar-refractivity contribution in [3.63, 3.8) is 0 Å². The molecule has 0 spiro atoms. The Labute approximate surface area is 109 Å². The highest BCUT2D eigenvalue weighted by molar-refractivity contribution is 5.53. The Morgan fingerprint density at radius 2 is 2.06 bits per heavy atom. The van der Waals surface area contributed by atoms with Gasteiger partial charge in [0, 0.05) is 24.3 Å². The molecule has 0 aromatic heterocycles. The zero-order valence-electron chi connectivity index (χ0n) is 11.7. The fourth-order valence-corrected chi connectivity index (χ4v) is 1.72. The molecule has 0 fully saturated rings. The van der Waals surface area contributed by atoms with Crippen LogP contribution < -0.4 is 15.8 Å². The van der Waals surface area contributed by atoms with Crippen molar-refractivity contribution in [2.75, 3.05) is 25.5 Å². The lowest BCUT2D eigenvalue weighted by Crippen LogP contribution is -2.27. The van der Waals surface area contributed by atoms with Crippen LogP contribution in [0, 0.1) is 0 Å². The summed E-state index contributed by atoms with van der Waals surface area (Å²) in [5.74, 6) is 0.882. The van der Waals surface area contributed by atoms with E-state index in [1.807, 2.05) is 12.1 Å². The first-order chi connectivity index (χ1) is 8.38. The van der Waals surface area contributed by atoms with Gasteiger partial charge in [0.2, 0.25) is 0 Å². The van der Waals surface area contributed by atoms with Crippen molar-refractivity contribution in [2.45, 2.75) is 32.3 Å². The summed E-state index contributed by atoms with van der Waals surface area (Å²) in [5, 5.41) is 12.6. The van der Waals surface area contributed by atoms with Gasteiger partial charge in [-0.05, 0) is 23.6 Å². The maximum absolute atomic E-state index is 9.44. The van der Waals surface area contributed by atoms with E-state index in [-0.39, 0.29) is 12.0 Å². The summed E-state index contributed by atoms with van der Waals surface area (Å²) in [6.07, 6.45) is -0.523. The average molecular weight is 252 g/mol. The molecular formula is C14H24N2O2. The summed E-state index contributed by atoms with van der Waals surface area (Å²) in [6, 6.07) is 5.94. The fraction of sp³-hybridized carbons (Fsp3) is 0.571. The van der Waals surface area contributed by atoms with Gasteiger partial charge in [0.05, 0.1) is 13.2 Å². The van der Waals surface area contributed by atoms with E-state index >= 15 is 0 Å². The van der Waals surface area contributed by atoms with E-state index in [9.17, 15) is 5.11 Å². The maximum Gasteiger partial charge on any atom is 0.122 e. The molecule has 0 radical (unpaired) electrons. The first-order valence-corrected chi connectivity index (χ1v) is 6.19. The predicted molar refractivity (Wildman–Crippen MR) is 75.2 cm³/mol. The lowest BCUT2D eigenvalue weighted by atomic mass is 9.86. The van der Waals surface area contributed by atoms with Gasteiger partial charge in [-0.3, -0.25) is 0 Å². The standard InChI is InChI=1S/C14H24N2O2/c1-14(2,3)12-7-10(5-6-13(12)18-4)16-9-11(17)8-15/h5-7,11,16-17H,8-9,15H2,1-4H3. The predicted octanol–water partition coefficient (Wildman–Crippen LogP) is 1.72. The van der Waals surface area contributed by atoms with Gasteiger partial charge in [0.15, 0.2) is 0 Å². The molecule has 1 rings (SSSR count). The largest absolute Gasteiger partial charge is 0.496 e. The van der Waals surface area contributed by atoms with E-state index in [0.29, 0.717) is 6.54 Å². The van der Waals surface area contributed by atoms with Crippen molar-refractivity contribution in [3.8, 4) is 5.75 Å². The summed E-state index contributed by atoms with van der Waals surface area (Å²) >= 11 is 0. The van der Waals surface area contributed by atoms with Gasteiger partial charge in [-0.1, -0.05) is 20.8 Å². The van der Waals surface area contributed by atoms with Crippen molar-refractivity contribution in [2.24, 2.45) is 5.73 Å². The molecule has 0 aliphatic heterocycles. The lowest BCUT2D eigenvalue weighted by Gasteiger charge is -2.23. The Morgan fingerprint density at radius 1 is 1.39 bits per heavy atom. The normalized spacial score (nSPS) is 13.2. The quantitative estimate of drug-likeness (QED) is 0.746. The van der Waals surface area contributed by atoms with E-state index in [4.69, 9.17) is 10.5 Å². The van der Waals surface area contributed by atoms with E-state index in [2.05, 4.69) is 32.2 Å². The SMILES string of the molecule is COc1ccc(NCC(O)CN)cc1C(C)(C)C. The van der Waals surface area contributed by atoms with Gasteiger partial charge in [-0.25, -0.2) is 0 Å². The van der Waals surface area contributed by atoms with Crippen LogP contribution in [0.4, 0.5) is 5.69 Å². The Bertz CT molecular complexity index is 386. The molecule has 0 aliphatic rings. The molecule has 4 N–H and O–H groups in total. The Morgan fingerprint density at radius 3 is 2.56 bits per heavy atom. The van der Waals surface area contributed by atoms with Crippen LogP contribution in [0.2, 0.25) is 0 Å². The van der Waals surface area contributed by atoms with Crippen LogP contribution >= 0.6 is 0 Å². The Kier molecular flexibility index (Phi) is 4.99. The highest BCUT2D eigenvalue weighted by Gasteiger charge is 2.19. The molecule has 1 aromatic carbocycles. The van der Waals surface area contributed by atoms with Gasteiger partial charge < -0.3 is 20.9 Å². The number of hydrogen-bond acceptors (Lipinski definition) is 4. The summed E-state index contributed by atoms with van der Waals surface area (Å²) in [7, 11) is 1.68. The second-order valence-electron chi connectivity index (χ2n) is 5.44. The van der Waals surface area contributed by atoms with Gasteiger partial charge in [-0.2, -0.15) is 0 Å². The van der Waals surface area contributed by atoms with Gasteiger partial charge >= 0.3 is 0 Å². The second kappa shape index (κ2) is 6.07. The first kappa shape index (κ1) is 14.8. The van der Waals surface area contributed by atoms with Crippen molar-refractivity contribution in [1.29, 1.82) is 0 Å². The minimum absolute atomic E-state index is 0.00944. The third-order valence-corrected chi connectivity index (χ3v) is 2.82. The molecule has 1 aromatic rings. The number of aliphatic hydroxyl groups is 1. The molecule has 18 heavy (non-hydrogen) atoms. The zero-order chi connectivity index (χ0) is 13.8. The van der Waals surface area contributed by atoms with E-state index in [1.54, 1.807) is 7.11 Å². The van der Waals surface area contributed by atoms with Gasteiger partial charge in [0.25, 0.3) is 0 Å². The van der Waals surface area contributed by atoms with Gasteiger partial charge in [-0.15, -0.1) is 0 Å². The molecule has 4 heteroatoms. The summed E-state index contributed by atoms with van der Waals surface area (Å²) in [4.78, 5) is 0. The van der Waals surface area contributed by atoms with Crippen LogP contribution in [0.1, 0.15) is 26.3 Å². The van der Waals surface area contributed by atoms with Crippen LogP contribution in [-0.2, 0) is 5.41 Å². The Balaban J connectivity index is 2.90. The van der Waals surface area contributed by atoms with Crippen LogP contribution in [-0.4, -0.2) is 31.4 Å². The number of rotatable bonds is 5. The fourth-order valence-electron chi connectivity index (χ4n) is 1.72. The number of aliphatic hydroxyl groups excluding tert-OH is 1. The zero-order valence-corrected chi connectivity index (χ0v) is 11.7. The van der Waals surface area contributed by atoms with Crippen LogP contribution in [0.25, 0.3) is 0 Å². The number of hydrogen-bond donors (Lipinski definition) is 3. The molecule has 1 unspecified atom stereocenters. The molecule has 0 saturated heterocycles. The highest BCUT2D eigenvalue weighted by Crippen LogP contribution is 2.33. The molecule has 0 heterocycles. The maximum atomic E-state index is 9.44. The molecular weight excluding hydrogens is 228 g/mol. The highest BCUT2D eigenvalue weighted by atomic mass is 16.5. The lowest BCUT2D eigenvalue weighted by molar-refractivity contribution is 0.196. The Hall–Kier alpha value is -1.26. The van der Waals surface area contributed by atoms with E-state index < -0.39 is 6.10 Å². The number of nitrogens with two attached hydrogens (primary N) is 1. The third kappa shape index (κ3) is 3.89. The second-order valence-corrected chi connectivity index (χ2v) is 5.44. The minimum atomic E-state index is -0.523. The van der Waals surface area contributed by atoms with Crippen molar-refractivity contribution in [3.05, 3.63) is 23.8 Å². The molecule has 0 bridgehead atoms. The van der Waals surface area contributed by atoms with Crippen LogP contribution in [0.15, 0.2) is 18.2 Å². The molecule has 0 amide bonds. The average Bonchev–Trinajstić information content (AvgIpc) is 2.34. The topological polar surface area (TPSA) is 67.5 Å². The van der Waals surface area contributed by atoms with Crippen molar-refractivity contribution in [1.82, 2.24) is 0 Å². The molecule has 0 saturated carbocycles. The summed E-state index contributed by atoms with van der Waals surface area (Å²) < 4.78 is 5.38. The van der Waals surface area contributed by atoms with E-state index in [0.717, 1.165) is 17.0 Å². The first-order valence-electron chi connectivity index (χ1n) is 6.19. The number of benzene rings is 1. The number of anilines is 1. The molecule has 4 nitrogen and oxygen atoms in total. The smallest absolute Gasteiger partial charge is 0.122 e. The molecule has 1 atom stereocenters. The number of methoxy groups -OCH3 is 1. The van der Waals surface area contributed by atoms with Crippen molar-refractivity contribution < 1.29 is 9.84 Å². The summed E-state index contributed by atoms with van der Waals surface area (Å²) in [5.41, 5.74) is 7.48. The van der Waals surface area contributed by atoms with Crippen LogP contribution in [0.3, 0.4) is 0 Å². The monoisotopic (exact) mass is 252 g/mol. The summed E-state index contributed by atoms with van der Waals surface area (Å²) in [6.45, 7) is 7.14. The number of nitrogens with one attached hydrogen (secondary N) is 1. The van der Waals surface area contributed by atoms with Gasteiger partial charge in [0.1, 0.15) is 5.75 Å². The minimum Gasteiger partial charge on any atom is -0.496 e. The van der Waals surface area contributed by atoms with Crippen LogP contribution in [0.5, 0.6) is 5.75 Å². The number of ether oxygens (including phenoxy) is 1. The van der Waals surface area contributed by atoms with E-state index in [1.165, 1.54) is 0 Å². The molecule has 102 valence electrons. The molecule has 0 aliphatic carbocycles. The third-order valence-electron chi connectivity index (χ3n) is 2.82. The van der Waals surface area contributed by atoms with Crippen molar-refractivity contribution >= 4 is 5.69 Å².